The van der Waals surface area contributed by atoms with Gasteiger partial charge in [0.05, 0.1) is 11.9 Å². The van der Waals surface area contributed by atoms with E-state index < -0.39 is 27.4 Å². The first-order chi connectivity index (χ1) is 19.0. The van der Waals surface area contributed by atoms with Crippen molar-refractivity contribution in [3.8, 4) is 0 Å². The molecule has 230 valence electrons. The third-order valence-corrected chi connectivity index (χ3v) is 11.2. The van der Waals surface area contributed by atoms with Crippen molar-refractivity contribution in [3.05, 3.63) is 11.8 Å². The van der Waals surface area contributed by atoms with Crippen molar-refractivity contribution in [1.82, 2.24) is 20.3 Å². The fourth-order valence-electron chi connectivity index (χ4n) is 6.56. The summed E-state index contributed by atoms with van der Waals surface area (Å²) in [6.45, 7) is 5.96. The van der Waals surface area contributed by atoms with Gasteiger partial charge in [-0.2, -0.15) is 4.31 Å². The number of nitrogens with two attached hydrogens (primary N) is 1. The molecule has 2 aliphatic carbocycles. The van der Waals surface area contributed by atoms with Crippen LogP contribution in [0.5, 0.6) is 0 Å². The molecule has 10 nitrogen and oxygen atoms in total. The van der Waals surface area contributed by atoms with E-state index in [0.717, 1.165) is 12.8 Å². The topological polar surface area (TPSA) is 154 Å². The smallest absolute Gasteiger partial charge is 0.242 e. The molecule has 4 atom stereocenters. The van der Waals surface area contributed by atoms with Gasteiger partial charge < -0.3 is 26.8 Å². The summed E-state index contributed by atoms with van der Waals surface area (Å²) < 4.78 is 28.7. The van der Waals surface area contributed by atoms with Gasteiger partial charge in [-0.25, -0.2) is 8.42 Å². The molecule has 2 saturated carbocycles. The Morgan fingerprint density at radius 2 is 1.82 bits per heavy atom. The molecular weight excluding hydrogens is 530 g/mol. The standard InChI is InChI=1S/C29H53N5O5S/c1-20(2)18-34(40(38,39)25-13-11-23(30)12-14-25)24(19-35)8-6-7-15-31-29(37)28(33-21(3)36)16-22-17-32-27-10-5-4-9-26(22)27/h17,20,23-28,32,35H,4-16,18-19,30H2,1-3H3,(H,31,37)(H,33,36)/t23?,24-,25?,26?,27?,28-/m0/s1. The fourth-order valence-corrected chi connectivity index (χ4v) is 8.90. The van der Waals surface area contributed by atoms with Gasteiger partial charge in [-0.1, -0.05) is 33.1 Å². The van der Waals surface area contributed by atoms with Gasteiger partial charge in [-0.05, 0) is 75.5 Å². The van der Waals surface area contributed by atoms with Crippen LogP contribution in [0.2, 0.25) is 0 Å². The van der Waals surface area contributed by atoms with Gasteiger partial charge in [0.1, 0.15) is 6.04 Å². The van der Waals surface area contributed by atoms with Gasteiger partial charge >= 0.3 is 0 Å². The van der Waals surface area contributed by atoms with E-state index in [9.17, 15) is 23.1 Å². The summed E-state index contributed by atoms with van der Waals surface area (Å²) in [6, 6.07) is -0.600. The van der Waals surface area contributed by atoms with Crippen LogP contribution < -0.4 is 21.7 Å². The Morgan fingerprint density at radius 1 is 1.12 bits per heavy atom. The van der Waals surface area contributed by atoms with Crippen molar-refractivity contribution in [2.45, 2.75) is 127 Å². The summed E-state index contributed by atoms with van der Waals surface area (Å²) in [5.41, 5.74) is 7.21. The molecule has 0 bridgehead atoms. The van der Waals surface area contributed by atoms with Crippen LogP contribution in [0.3, 0.4) is 0 Å². The number of carbonyl (C=O) groups excluding carboxylic acids is 2. The van der Waals surface area contributed by atoms with Crippen LogP contribution in [0.15, 0.2) is 11.8 Å². The molecule has 2 unspecified atom stereocenters. The van der Waals surface area contributed by atoms with Crippen LogP contribution in [0, 0.1) is 11.8 Å². The number of fused-ring (bicyclic) bond motifs is 1. The number of rotatable bonds is 15. The van der Waals surface area contributed by atoms with E-state index in [2.05, 4.69) is 16.0 Å². The highest BCUT2D eigenvalue weighted by Crippen LogP contribution is 2.36. The minimum Gasteiger partial charge on any atom is -0.395 e. The molecule has 1 heterocycles. The molecule has 3 rings (SSSR count). The molecule has 40 heavy (non-hydrogen) atoms. The van der Waals surface area contributed by atoms with E-state index in [0.29, 0.717) is 76.4 Å². The number of aliphatic hydroxyl groups is 1. The molecule has 2 fully saturated rings. The van der Waals surface area contributed by atoms with Crippen molar-refractivity contribution in [2.24, 2.45) is 17.6 Å². The second kappa shape index (κ2) is 15.5. The van der Waals surface area contributed by atoms with Gasteiger partial charge in [0.25, 0.3) is 0 Å². The Morgan fingerprint density at radius 3 is 2.48 bits per heavy atom. The largest absolute Gasteiger partial charge is 0.395 e. The zero-order valence-electron chi connectivity index (χ0n) is 24.7. The van der Waals surface area contributed by atoms with Crippen molar-refractivity contribution >= 4 is 21.8 Å². The molecule has 0 radical (unpaired) electrons. The Hall–Kier alpha value is -1.69. The van der Waals surface area contributed by atoms with Crippen molar-refractivity contribution in [2.75, 3.05) is 19.7 Å². The number of hydrogen-bond donors (Lipinski definition) is 5. The molecule has 6 N–H and O–H groups in total. The van der Waals surface area contributed by atoms with Gasteiger partial charge in [-0.15, -0.1) is 0 Å². The van der Waals surface area contributed by atoms with Crippen LogP contribution in [0.1, 0.15) is 97.8 Å². The minimum absolute atomic E-state index is 0.0647. The van der Waals surface area contributed by atoms with Gasteiger partial charge in [0, 0.05) is 44.1 Å². The van der Waals surface area contributed by atoms with Crippen LogP contribution in [0.25, 0.3) is 0 Å². The minimum atomic E-state index is -3.56. The average Bonchev–Trinajstić information content (AvgIpc) is 3.32. The predicted molar refractivity (Wildman–Crippen MR) is 158 cm³/mol. The second-order valence-corrected chi connectivity index (χ2v) is 14.7. The number of unbranched alkanes of at least 4 members (excludes halogenated alkanes) is 1. The first-order valence-corrected chi connectivity index (χ1v) is 16.9. The molecule has 0 aromatic rings. The summed E-state index contributed by atoms with van der Waals surface area (Å²) in [6.07, 6.45) is 11.6. The molecule has 11 heteroatoms. The zero-order valence-corrected chi connectivity index (χ0v) is 25.6. The van der Waals surface area contributed by atoms with Crippen LogP contribution in [-0.4, -0.2) is 78.8 Å². The van der Waals surface area contributed by atoms with E-state index in [-0.39, 0.29) is 30.4 Å². The summed E-state index contributed by atoms with van der Waals surface area (Å²) in [4.78, 5) is 24.9. The lowest BCUT2D eigenvalue weighted by Crippen LogP contribution is -2.49. The lowest BCUT2D eigenvalue weighted by atomic mass is 9.80. The number of nitrogens with one attached hydrogen (secondary N) is 3. The van der Waals surface area contributed by atoms with E-state index in [1.807, 2.05) is 20.0 Å². The summed E-state index contributed by atoms with van der Waals surface area (Å²) in [5, 5.41) is 19.0. The van der Waals surface area contributed by atoms with Crippen molar-refractivity contribution in [1.29, 1.82) is 0 Å². The number of carbonyl (C=O) groups is 2. The summed E-state index contributed by atoms with van der Waals surface area (Å²) >= 11 is 0. The van der Waals surface area contributed by atoms with E-state index >= 15 is 0 Å². The molecule has 0 aromatic heterocycles. The van der Waals surface area contributed by atoms with E-state index in [1.165, 1.54) is 29.6 Å². The van der Waals surface area contributed by atoms with Crippen LogP contribution in [-0.2, 0) is 19.6 Å². The maximum absolute atomic E-state index is 13.6. The highest BCUT2D eigenvalue weighted by Gasteiger charge is 2.38. The maximum Gasteiger partial charge on any atom is 0.242 e. The number of nitrogens with zero attached hydrogens (tertiary/aromatic N) is 1. The monoisotopic (exact) mass is 583 g/mol. The third-order valence-electron chi connectivity index (χ3n) is 8.75. The fraction of sp³-hybridized carbons (Fsp3) is 0.862. The number of aliphatic hydroxyl groups excluding tert-OH is 1. The highest BCUT2D eigenvalue weighted by atomic mass is 32.2. The van der Waals surface area contributed by atoms with Gasteiger partial charge in [0.2, 0.25) is 21.8 Å². The molecule has 3 aliphatic rings. The molecule has 0 aromatic carbocycles. The zero-order chi connectivity index (χ0) is 29.3. The SMILES string of the molecule is CC(=O)N[C@@H](CC1=CNC2CCCCC12)C(=O)NCCCC[C@@H](CO)N(CC(C)C)S(=O)(=O)C1CCC(N)CC1. The van der Waals surface area contributed by atoms with E-state index in [4.69, 9.17) is 5.73 Å². The normalized spacial score (nSPS) is 26.5. The Balaban J connectivity index is 1.50. The predicted octanol–water partition coefficient (Wildman–Crippen LogP) is 2.13. The van der Waals surface area contributed by atoms with Crippen molar-refractivity contribution < 1.29 is 23.1 Å². The van der Waals surface area contributed by atoms with Gasteiger partial charge in [-0.3, -0.25) is 9.59 Å². The van der Waals surface area contributed by atoms with Gasteiger partial charge in [0.15, 0.2) is 0 Å². The maximum atomic E-state index is 13.6. The lowest BCUT2D eigenvalue weighted by molar-refractivity contribution is -0.128. The third kappa shape index (κ3) is 9.16. The number of sulfonamides is 1. The first-order valence-electron chi connectivity index (χ1n) is 15.4. The lowest BCUT2D eigenvalue weighted by Gasteiger charge is -2.36. The Bertz CT molecular complexity index is 964. The first kappa shape index (κ1) is 32.8. The molecular formula is C29H53N5O5S. The summed E-state index contributed by atoms with van der Waals surface area (Å²) in [5.74, 6) is 0.134. The molecule has 2 amide bonds. The highest BCUT2D eigenvalue weighted by molar-refractivity contribution is 7.89. The Kier molecular flexibility index (Phi) is 12.7. The quantitative estimate of drug-likeness (QED) is 0.185. The second-order valence-electron chi connectivity index (χ2n) is 12.5. The van der Waals surface area contributed by atoms with Crippen molar-refractivity contribution in [3.63, 3.8) is 0 Å². The molecule has 0 saturated heterocycles. The Labute approximate surface area is 241 Å². The molecule has 0 spiro atoms. The van der Waals surface area contributed by atoms with Crippen LogP contribution >= 0.6 is 0 Å². The molecule has 1 aliphatic heterocycles. The number of amides is 2. The number of hydrogen-bond acceptors (Lipinski definition) is 7. The average molecular weight is 584 g/mol. The van der Waals surface area contributed by atoms with Crippen LogP contribution in [0.4, 0.5) is 0 Å². The van der Waals surface area contributed by atoms with E-state index in [1.54, 1.807) is 0 Å². The summed E-state index contributed by atoms with van der Waals surface area (Å²) in [7, 11) is -3.56.